The molecule has 0 aliphatic rings. The van der Waals surface area contributed by atoms with Gasteiger partial charge in [0, 0.05) is 44.7 Å². The number of nitrogens with zero attached hydrogens (tertiary/aromatic N) is 2. The second-order valence-corrected chi connectivity index (χ2v) is 4.48. The highest BCUT2D eigenvalue weighted by Crippen LogP contribution is 2.08. The summed E-state index contributed by atoms with van der Waals surface area (Å²) < 4.78 is 0. The first-order valence-corrected chi connectivity index (χ1v) is 5.89. The first kappa shape index (κ1) is 14.2. The van der Waals surface area contributed by atoms with Crippen molar-refractivity contribution in [3.8, 4) is 0 Å². The van der Waals surface area contributed by atoms with Crippen LogP contribution in [0.3, 0.4) is 0 Å². The molecule has 0 radical (unpaired) electrons. The number of aromatic amines is 1. The van der Waals surface area contributed by atoms with Crippen LogP contribution in [0.25, 0.3) is 0 Å². The number of aryl methyl sites for hydroxylation is 2. The highest BCUT2D eigenvalue weighted by Gasteiger charge is 2.10. The molecule has 1 heterocycles. The largest absolute Gasteiger partial charge is 0.352 e. The van der Waals surface area contributed by atoms with Crippen LogP contribution in [0.2, 0.25) is 0 Å². The van der Waals surface area contributed by atoms with Crippen molar-refractivity contribution < 1.29 is 9.59 Å². The summed E-state index contributed by atoms with van der Waals surface area (Å²) in [5.41, 5.74) is 2.84. The Morgan fingerprint density at radius 1 is 1.28 bits per heavy atom. The van der Waals surface area contributed by atoms with Gasteiger partial charge in [0.2, 0.25) is 11.8 Å². The molecule has 0 spiro atoms. The van der Waals surface area contributed by atoms with E-state index in [0.29, 0.717) is 6.54 Å². The zero-order valence-corrected chi connectivity index (χ0v) is 11.3. The summed E-state index contributed by atoms with van der Waals surface area (Å²) in [5, 5.41) is 9.71. The lowest BCUT2D eigenvalue weighted by Crippen LogP contribution is -2.27. The van der Waals surface area contributed by atoms with Crippen LogP contribution in [-0.4, -0.2) is 41.0 Å². The molecule has 2 N–H and O–H groups in total. The molecule has 0 aromatic carbocycles. The van der Waals surface area contributed by atoms with Gasteiger partial charge in [-0.15, -0.1) is 0 Å². The van der Waals surface area contributed by atoms with Crippen molar-refractivity contribution in [1.82, 2.24) is 20.4 Å². The van der Waals surface area contributed by atoms with Gasteiger partial charge < -0.3 is 10.2 Å². The molecule has 0 atom stereocenters. The second kappa shape index (κ2) is 6.18. The van der Waals surface area contributed by atoms with E-state index in [-0.39, 0.29) is 24.7 Å². The van der Waals surface area contributed by atoms with Crippen LogP contribution in [-0.2, 0) is 16.1 Å². The fourth-order valence-corrected chi connectivity index (χ4v) is 1.55. The van der Waals surface area contributed by atoms with E-state index in [2.05, 4.69) is 15.5 Å². The van der Waals surface area contributed by atoms with E-state index in [1.807, 2.05) is 13.8 Å². The molecule has 0 saturated carbocycles. The molecular weight excluding hydrogens is 232 g/mol. The Morgan fingerprint density at radius 2 is 1.94 bits per heavy atom. The Labute approximate surface area is 107 Å². The van der Waals surface area contributed by atoms with Gasteiger partial charge in [-0.2, -0.15) is 5.10 Å². The summed E-state index contributed by atoms with van der Waals surface area (Å²) in [7, 11) is 3.36. The number of H-pyrrole nitrogens is 1. The molecule has 0 aliphatic heterocycles. The molecule has 0 bridgehead atoms. The Kier molecular flexibility index (Phi) is 4.88. The molecule has 2 amide bonds. The highest BCUT2D eigenvalue weighted by molar-refractivity contribution is 5.83. The van der Waals surface area contributed by atoms with Gasteiger partial charge in [-0.3, -0.25) is 14.7 Å². The van der Waals surface area contributed by atoms with Crippen LogP contribution in [0.5, 0.6) is 0 Å². The standard InChI is InChI=1S/C12H20N4O2/c1-8-10(9(2)15-14-8)7-13-11(17)5-6-12(18)16(3)4/h5-7H2,1-4H3,(H,13,17)(H,14,15). The summed E-state index contributed by atoms with van der Waals surface area (Å²) in [6, 6.07) is 0. The minimum atomic E-state index is -0.120. The summed E-state index contributed by atoms with van der Waals surface area (Å²) in [6.07, 6.45) is 0.454. The molecular formula is C12H20N4O2. The third kappa shape index (κ3) is 3.87. The topological polar surface area (TPSA) is 78.1 Å². The number of aromatic nitrogens is 2. The lowest BCUT2D eigenvalue weighted by Gasteiger charge is -2.10. The van der Waals surface area contributed by atoms with Crippen molar-refractivity contribution in [2.24, 2.45) is 0 Å². The third-order valence-electron chi connectivity index (χ3n) is 2.81. The number of nitrogens with one attached hydrogen (secondary N) is 2. The van der Waals surface area contributed by atoms with Gasteiger partial charge in [0.1, 0.15) is 0 Å². The molecule has 1 rings (SSSR count). The van der Waals surface area contributed by atoms with Gasteiger partial charge in [0.25, 0.3) is 0 Å². The average Bonchev–Trinajstić information content (AvgIpc) is 2.63. The lowest BCUT2D eigenvalue weighted by atomic mass is 10.2. The fraction of sp³-hybridized carbons (Fsp3) is 0.583. The van der Waals surface area contributed by atoms with E-state index in [9.17, 15) is 9.59 Å². The SMILES string of the molecule is Cc1n[nH]c(C)c1CNC(=O)CCC(=O)N(C)C. The van der Waals surface area contributed by atoms with Crippen molar-refractivity contribution in [3.63, 3.8) is 0 Å². The zero-order valence-electron chi connectivity index (χ0n) is 11.3. The Hall–Kier alpha value is -1.85. The first-order chi connectivity index (χ1) is 8.41. The van der Waals surface area contributed by atoms with E-state index in [4.69, 9.17) is 0 Å². The Bertz CT molecular complexity index is 418. The fourth-order valence-electron chi connectivity index (χ4n) is 1.55. The maximum absolute atomic E-state index is 11.6. The van der Waals surface area contributed by atoms with Gasteiger partial charge in [0.15, 0.2) is 0 Å². The number of rotatable bonds is 5. The predicted molar refractivity (Wildman–Crippen MR) is 67.8 cm³/mol. The molecule has 1 aromatic rings. The van der Waals surface area contributed by atoms with Gasteiger partial charge in [-0.1, -0.05) is 0 Å². The van der Waals surface area contributed by atoms with E-state index in [1.54, 1.807) is 14.1 Å². The molecule has 1 aromatic heterocycles. The lowest BCUT2D eigenvalue weighted by molar-refractivity contribution is -0.131. The molecule has 0 unspecified atom stereocenters. The number of carbonyl (C=O) groups is 2. The number of hydrogen-bond acceptors (Lipinski definition) is 3. The van der Waals surface area contributed by atoms with E-state index in [0.717, 1.165) is 17.0 Å². The van der Waals surface area contributed by atoms with Crippen LogP contribution in [0.4, 0.5) is 0 Å². The predicted octanol–water partition coefficient (Wildman–Crippen LogP) is 0.511. The monoisotopic (exact) mass is 252 g/mol. The van der Waals surface area contributed by atoms with E-state index >= 15 is 0 Å². The minimum absolute atomic E-state index is 0.0409. The first-order valence-electron chi connectivity index (χ1n) is 5.89. The molecule has 18 heavy (non-hydrogen) atoms. The quantitative estimate of drug-likeness (QED) is 0.801. The molecule has 6 heteroatoms. The van der Waals surface area contributed by atoms with Crippen molar-refractivity contribution in [2.75, 3.05) is 14.1 Å². The van der Waals surface area contributed by atoms with Crippen molar-refractivity contribution in [2.45, 2.75) is 33.2 Å². The average molecular weight is 252 g/mol. The highest BCUT2D eigenvalue weighted by atomic mass is 16.2. The van der Waals surface area contributed by atoms with Crippen LogP contribution < -0.4 is 5.32 Å². The Balaban J connectivity index is 2.36. The van der Waals surface area contributed by atoms with Crippen molar-refractivity contribution >= 4 is 11.8 Å². The molecule has 100 valence electrons. The summed E-state index contributed by atoms with van der Waals surface area (Å²) >= 11 is 0. The number of hydrogen-bond donors (Lipinski definition) is 2. The van der Waals surface area contributed by atoms with Crippen molar-refractivity contribution in [3.05, 3.63) is 17.0 Å². The van der Waals surface area contributed by atoms with Gasteiger partial charge in [-0.05, 0) is 13.8 Å². The smallest absolute Gasteiger partial charge is 0.222 e. The zero-order chi connectivity index (χ0) is 13.7. The van der Waals surface area contributed by atoms with E-state index in [1.165, 1.54) is 4.90 Å². The molecule has 0 saturated heterocycles. The van der Waals surface area contributed by atoms with E-state index < -0.39 is 0 Å². The van der Waals surface area contributed by atoms with Crippen LogP contribution in [0, 0.1) is 13.8 Å². The maximum atomic E-state index is 11.6. The summed E-state index contributed by atoms with van der Waals surface area (Å²) in [5.74, 6) is -0.161. The number of amides is 2. The van der Waals surface area contributed by atoms with Gasteiger partial charge in [0.05, 0.1) is 5.69 Å². The van der Waals surface area contributed by atoms with Crippen molar-refractivity contribution in [1.29, 1.82) is 0 Å². The Morgan fingerprint density at radius 3 is 2.44 bits per heavy atom. The van der Waals surface area contributed by atoms with Crippen LogP contribution in [0.15, 0.2) is 0 Å². The van der Waals surface area contributed by atoms with Gasteiger partial charge in [-0.25, -0.2) is 0 Å². The molecule has 0 aliphatic carbocycles. The normalized spacial score (nSPS) is 10.2. The number of carbonyl (C=O) groups excluding carboxylic acids is 2. The molecule has 0 fully saturated rings. The second-order valence-electron chi connectivity index (χ2n) is 4.48. The van der Waals surface area contributed by atoms with Crippen LogP contribution >= 0.6 is 0 Å². The summed E-state index contributed by atoms with van der Waals surface area (Å²) in [6.45, 7) is 4.25. The maximum Gasteiger partial charge on any atom is 0.222 e. The third-order valence-corrected chi connectivity index (χ3v) is 2.81. The van der Waals surface area contributed by atoms with Gasteiger partial charge >= 0.3 is 0 Å². The minimum Gasteiger partial charge on any atom is -0.352 e. The van der Waals surface area contributed by atoms with Crippen LogP contribution in [0.1, 0.15) is 29.8 Å². The summed E-state index contributed by atoms with van der Waals surface area (Å²) in [4.78, 5) is 24.4. The molecule has 6 nitrogen and oxygen atoms in total.